The molecule has 9 heteroatoms. The highest BCUT2D eigenvalue weighted by atomic mass is 16.6. The molecule has 0 fully saturated rings. The van der Waals surface area contributed by atoms with Crippen molar-refractivity contribution in [3.8, 4) is 0 Å². The first kappa shape index (κ1) is 21.7. The van der Waals surface area contributed by atoms with E-state index < -0.39 is 21.2 Å². The summed E-state index contributed by atoms with van der Waals surface area (Å²) < 4.78 is 0. The highest BCUT2D eigenvalue weighted by molar-refractivity contribution is 5.54. The van der Waals surface area contributed by atoms with Gasteiger partial charge in [-0.05, 0) is 23.0 Å². The molecule has 0 aromatic heterocycles. The Bertz CT molecular complexity index is 831. The van der Waals surface area contributed by atoms with Crippen LogP contribution in [0.25, 0.3) is 0 Å². The Morgan fingerprint density at radius 3 is 1.44 bits per heavy atom. The zero-order chi connectivity index (χ0) is 20.7. The van der Waals surface area contributed by atoms with Gasteiger partial charge in [0.25, 0.3) is 5.69 Å². The van der Waals surface area contributed by atoms with E-state index in [0.717, 1.165) is 5.56 Å². The van der Waals surface area contributed by atoms with Gasteiger partial charge in [-0.1, -0.05) is 45.9 Å². The van der Waals surface area contributed by atoms with E-state index in [2.05, 4.69) is 13.8 Å². The van der Waals surface area contributed by atoms with Crippen molar-refractivity contribution in [3.05, 3.63) is 83.9 Å². The molecule has 0 saturated carbocycles. The van der Waals surface area contributed by atoms with Crippen molar-refractivity contribution in [2.75, 3.05) is 0 Å². The molecule has 0 N–H and O–H groups in total. The van der Waals surface area contributed by atoms with Gasteiger partial charge >= 0.3 is 11.4 Å². The highest BCUT2D eigenvalue weighted by Gasteiger charge is 2.24. The maximum atomic E-state index is 10.6. The molecule has 0 unspecified atom stereocenters. The van der Waals surface area contributed by atoms with Crippen LogP contribution in [0.3, 0.4) is 0 Å². The quantitative estimate of drug-likeness (QED) is 0.512. The molecule has 2 aromatic carbocycles. The average Bonchev–Trinajstić information content (AvgIpc) is 2.61. The summed E-state index contributed by atoms with van der Waals surface area (Å²) in [6.45, 7) is 7.85. The number of hydrogen-bond donors (Lipinski definition) is 0. The van der Waals surface area contributed by atoms with Gasteiger partial charge in [-0.25, -0.2) is 0 Å². The molecule has 0 amide bonds. The van der Waals surface area contributed by atoms with Crippen molar-refractivity contribution in [2.24, 2.45) is 0 Å². The van der Waals surface area contributed by atoms with E-state index in [1.165, 1.54) is 30.3 Å². The molecule has 0 atom stereocenters. The molecule has 0 bridgehead atoms. The number of nitrogens with zero attached hydrogens (tertiary/aromatic N) is 3. The Kier molecular flexibility index (Phi) is 7.52. The third kappa shape index (κ3) is 6.14. The number of nitro benzene ring substituents is 3. The molecule has 27 heavy (non-hydrogen) atoms. The lowest BCUT2D eigenvalue weighted by Gasteiger charge is -2.04. The second-order valence-corrected chi connectivity index (χ2v) is 6.42. The van der Waals surface area contributed by atoms with E-state index in [1.807, 2.05) is 13.8 Å². The largest absolute Gasteiger partial charge is 0.346 e. The van der Waals surface area contributed by atoms with Crippen molar-refractivity contribution in [1.29, 1.82) is 0 Å². The van der Waals surface area contributed by atoms with Crippen molar-refractivity contribution >= 4 is 17.1 Å². The van der Waals surface area contributed by atoms with Gasteiger partial charge in [0.15, 0.2) is 0 Å². The first-order valence-electron chi connectivity index (χ1n) is 8.21. The fourth-order valence-corrected chi connectivity index (χ4v) is 2.18. The number of non-ortho nitro benzene ring substituents is 1. The molecule has 0 radical (unpaired) electrons. The van der Waals surface area contributed by atoms with E-state index in [0.29, 0.717) is 11.5 Å². The molecule has 2 aromatic rings. The smallest absolute Gasteiger partial charge is 0.258 e. The third-order valence-electron chi connectivity index (χ3n) is 3.83. The zero-order valence-corrected chi connectivity index (χ0v) is 15.5. The van der Waals surface area contributed by atoms with Gasteiger partial charge in [0.1, 0.15) is 0 Å². The topological polar surface area (TPSA) is 129 Å². The van der Waals surface area contributed by atoms with Gasteiger partial charge in [-0.2, -0.15) is 0 Å². The second kappa shape index (κ2) is 9.37. The summed E-state index contributed by atoms with van der Waals surface area (Å²) in [4.78, 5) is 29.5. The lowest BCUT2D eigenvalue weighted by Crippen LogP contribution is -1.98. The molecule has 0 saturated heterocycles. The maximum Gasteiger partial charge on any atom is 0.346 e. The van der Waals surface area contributed by atoms with Crippen LogP contribution in [0.4, 0.5) is 17.1 Å². The molecule has 144 valence electrons. The lowest BCUT2D eigenvalue weighted by molar-refractivity contribution is -0.422. The summed E-state index contributed by atoms with van der Waals surface area (Å²) in [6, 6.07) is 10.6. The van der Waals surface area contributed by atoms with Crippen LogP contribution in [-0.4, -0.2) is 14.8 Å². The Balaban J connectivity index is 0.000000277. The minimum Gasteiger partial charge on any atom is -0.258 e. The standard InChI is InChI=1S/C9H10N2O4.C9H11NO2/c1-6(2)7-3-4-8(10(12)13)9(5-7)11(14)15;1-7(2)8-3-5-9(6-4-8)10(11)12/h3-6H,1-2H3;3-7H,1-2H3. The SMILES string of the molecule is CC(C)c1ccc([N+](=O)[O-])c([N+](=O)[O-])c1.CC(C)c1ccc([N+](=O)[O-])cc1. The Morgan fingerprint density at radius 2 is 1.07 bits per heavy atom. The van der Waals surface area contributed by atoms with Crippen LogP contribution in [0, 0.1) is 30.3 Å². The minimum absolute atomic E-state index is 0.101. The van der Waals surface area contributed by atoms with Gasteiger partial charge in [0.2, 0.25) is 0 Å². The van der Waals surface area contributed by atoms with Crippen LogP contribution in [0.1, 0.15) is 50.7 Å². The van der Waals surface area contributed by atoms with E-state index in [9.17, 15) is 30.3 Å². The van der Waals surface area contributed by atoms with Gasteiger partial charge in [0.05, 0.1) is 14.8 Å². The highest BCUT2D eigenvalue weighted by Crippen LogP contribution is 2.30. The lowest BCUT2D eigenvalue weighted by atomic mass is 10.0. The van der Waals surface area contributed by atoms with Gasteiger partial charge < -0.3 is 0 Å². The van der Waals surface area contributed by atoms with E-state index in [4.69, 9.17) is 0 Å². The summed E-state index contributed by atoms with van der Waals surface area (Å²) in [7, 11) is 0. The third-order valence-corrected chi connectivity index (χ3v) is 3.83. The maximum absolute atomic E-state index is 10.6. The predicted octanol–water partition coefficient (Wildman–Crippen LogP) is 5.34. The summed E-state index contributed by atoms with van der Waals surface area (Å²) in [5, 5.41) is 31.4. The Labute approximate surface area is 156 Å². The fraction of sp³-hybridized carbons (Fsp3) is 0.333. The summed E-state index contributed by atoms with van der Waals surface area (Å²) in [5.74, 6) is 0.523. The first-order chi connectivity index (χ1) is 12.5. The van der Waals surface area contributed by atoms with Crippen molar-refractivity contribution in [3.63, 3.8) is 0 Å². The van der Waals surface area contributed by atoms with Gasteiger partial charge in [0, 0.05) is 24.3 Å². The molecule has 0 spiro atoms. The van der Waals surface area contributed by atoms with E-state index >= 15 is 0 Å². The Hall–Kier alpha value is -3.36. The zero-order valence-electron chi connectivity index (χ0n) is 15.5. The predicted molar refractivity (Wildman–Crippen MR) is 101 cm³/mol. The van der Waals surface area contributed by atoms with Crippen LogP contribution in [0.5, 0.6) is 0 Å². The molecule has 9 nitrogen and oxygen atoms in total. The van der Waals surface area contributed by atoms with Crippen molar-refractivity contribution < 1.29 is 14.8 Å². The van der Waals surface area contributed by atoms with Crippen LogP contribution in [-0.2, 0) is 0 Å². The number of nitro groups is 3. The van der Waals surface area contributed by atoms with Crippen LogP contribution < -0.4 is 0 Å². The number of benzene rings is 2. The monoisotopic (exact) mass is 375 g/mol. The Morgan fingerprint density at radius 1 is 0.630 bits per heavy atom. The van der Waals surface area contributed by atoms with E-state index in [-0.39, 0.29) is 16.5 Å². The van der Waals surface area contributed by atoms with Crippen LogP contribution in [0.2, 0.25) is 0 Å². The molecule has 2 rings (SSSR count). The molecule has 0 heterocycles. The van der Waals surface area contributed by atoms with Gasteiger partial charge in [-0.3, -0.25) is 30.3 Å². The molecular weight excluding hydrogens is 354 g/mol. The normalized spacial score (nSPS) is 10.3. The summed E-state index contributed by atoms with van der Waals surface area (Å²) >= 11 is 0. The van der Waals surface area contributed by atoms with Gasteiger partial charge in [-0.15, -0.1) is 0 Å². The van der Waals surface area contributed by atoms with Crippen LogP contribution >= 0.6 is 0 Å². The fourth-order valence-electron chi connectivity index (χ4n) is 2.18. The average molecular weight is 375 g/mol. The molecule has 0 aliphatic heterocycles. The summed E-state index contributed by atoms with van der Waals surface area (Å²) in [5.41, 5.74) is 1.07. The van der Waals surface area contributed by atoms with Crippen LogP contribution in [0.15, 0.2) is 42.5 Å². The minimum atomic E-state index is -0.748. The first-order valence-corrected chi connectivity index (χ1v) is 8.21. The molecule has 0 aliphatic rings. The second-order valence-electron chi connectivity index (χ2n) is 6.42. The molecule has 0 aliphatic carbocycles. The molecular formula is C18H21N3O6. The summed E-state index contributed by atoms with van der Waals surface area (Å²) in [6.07, 6.45) is 0. The van der Waals surface area contributed by atoms with E-state index in [1.54, 1.807) is 12.1 Å². The number of rotatable bonds is 5. The number of hydrogen-bond acceptors (Lipinski definition) is 6. The van der Waals surface area contributed by atoms with Crippen molar-refractivity contribution in [1.82, 2.24) is 0 Å². The van der Waals surface area contributed by atoms with Crippen molar-refractivity contribution in [2.45, 2.75) is 39.5 Å².